The molecule has 0 unspecified atom stereocenters. The number of carbonyl (C=O) groups excluding carboxylic acids is 3. The molecule has 16 heteroatoms. The maximum Gasteiger partial charge on any atom is 0.407 e. The minimum atomic E-state index is -3.90. The van der Waals surface area contributed by atoms with Crippen LogP contribution in [0.2, 0.25) is 5.15 Å². The van der Waals surface area contributed by atoms with E-state index in [0.717, 1.165) is 6.07 Å². The quantitative estimate of drug-likeness (QED) is 0.385. The van der Waals surface area contributed by atoms with Gasteiger partial charge in [-0.3, -0.25) is 9.59 Å². The summed E-state index contributed by atoms with van der Waals surface area (Å²) in [5.41, 5.74) is 4.92. The van der Waals surface area contributed by atoms with E-state index in [1.165, 1.54) is 27.4 Å². The zero-order valence-electron chi connectivity index (χ0n) is 27.1. The number of primary amides is 1. The summed E-state index contributed by atoms with van der Waals surface area (Å²) in [6, 6.07) is 7.98. The Morgan fingerprint density at radius 3 is 2.23 bits per heavy atom. The van der Waals surface area contributed by atoms with Gasteiger partial charge in [0.2, 0.25) is 21.8 Å². The van der Waals surface area contributed by atoms with Gasteiger partial charge in [-0.05, 0) is 82.9 Å². The molecule has 0 radical (unpaired) electrons. The standard InChI is InChI=1S/C32H41ClF2N6O6S/c1-31(2,3)47-30(44)37-23-18-28(42)41(19-23)24-8-10-25(11-9-24)48(45,46)40-14-12-39(13-15-40)27-17-22(16-26(33)38-27)32(34,35)21-6-4-20(5-7-21)29(36)43/h8-11,16-17,20-21,23H,4-7,12-15,18-19H2,1-3H3,(H2,36,43)(H,37,44)/t20?,21?,23-/m1/s1. The van der Waals surface area contributed by atoms with E-state index in [4.69, 9.17) is 22.1 Å². The number of amides is 3. The van der Waals surface area contributed by atoms with Crippen molar-refractivity contribution in [1.82, 2.24) is 14.6 Å². The summed E-state index contributed by atoms with van der Waals surface area (Å²) >= 11 is 6.19. The van der Waals surface area contributed by atoms with Gasteiger partial charge in [0.05, 0.1) is 10.9 Å². The topological polar surface area (TPSA) is 155 Å². The summed E-state index contributed by atoms with van der Waals surface area (Å²) in [6.07, 6.45) is 0.409. The minimum absolute atomic E-state index is 0.0450. The van der Waals surface area contributed by atoms with Gasteiger partial charge >= 0.3 is 6.09 Å². The molecule has 0 bridgehead atoms. The zero-order valence-corrected chi connectivity index (χ0v) is 28.7. The summed E-state index contributed by atoms with van der Waals surface area (Å²) < 4.78 is 64.8. The molecule has 1 aliphatic carbocycles. The maximum absolute atomic E-state index is 15.6. The number of ether oxygens (including phenoxy) is 1. The van der Waals surface area contributed by atoms with Crippen LogP contribution in [-0.2, 0) is 30.3 Å². The van der Waals surface area contributed by atoms with E-state index >= 15 is 8.78 Å². The fourth-order valence-electron chi connectivity index (χ4n) is 6.45. The van der Waals surface area contributed by atoms with E-state index in [9.17, 15) is 22.8 Å². The molecule has 12 nitrogen and oxygen atoms in total. The Hall–Kier alpha value is -3.56. The molecule has 1 aromatic heterocycles. The molecule has 3 fully saturated rings. The Morgan fingerprint density at radius 2 is 1.65 bits per heavy atom. The van der Waals surface area contributed by atoms with Crippen LogP contribution in [0, 0.1) is 11.8 Å². The molecule has 1 saturated carbocycles. The highest BCUT2D eigenvalue weighted by molar-refractivity contribution is 7.89. The van der Waals surface area contributed by atoms with E-state index in [2.05, 4.69) is 10.3 Å². The molecule has 3 aliphatic rings. The predicted octanol–water partition coefficient (Wildman–Crippen LogP) is 4.26. The summed E-state index contributed by atoms with van der Waals surface area (Å²) in [5.74, 6) is -5.00. The molecule has 2 saturated heterocycles. The first-order chi connectivity index (χ1) is 22.4. The SMILES string of the molecule is CC(C)(C)OC(=O)N[C@@H]1CC(=O)N(c2ccc(S(=O)(=O)N3CCN(c4cc(C(F)(F)C5CCC(C(N)=O)CC5)cc(Cl)n4)CC3)cc2)C1. The lowest BCUT2D eigenvalue weighted by Crippen LogP contribution is -2.49. The highest BCUT2D eigenvalue weighted by Gasteiger charge is 2.44. The lowest BCUT2D eigenvalue weighted by atomic mass is 9.77. The van der Waals surface area contributed by atoms with E-state index in [1.54, 1.807) is 37.8 Å². The first-order valence-corrected chi connectivity index (χ1v) is 17.8. The van der Waals surface area contributed by atoms with Crippen molar-refractivity contribution >= 4 is 51.0 Å². The van der Waals surface area contributed by atoms with Gasteiger partial charge in [-0.15, -0.1) is 0 Å². The number of nitrogens with zero attached hydrogens (tertiary/aromatic N) is 4. The third kappa shape index (κ3) is 8.00. The number of hydrogen-bond acceptors (Lipinski definition) is 8. The number of carbonyl (C=O) groups is 3. The molecule has 2 aromatic rings. The van der Waals surface area contributed by atoms with Gasteiger partial charge < -0.3 is 25.6 Å². The lowest BCUT2D eigenvalue weighted by Gasteiger charge is -2.36. The second kappa shape index (κ2) is 13.7. The third-order valence-electron chi connectivity index (χ3n) is 9.00. The molecule has 1 atom stereocenters. The number of hydrogen-bond donors (Lipinski definition) is 2. The van der Waals surface area contributed by atoms with Gasteiger partial charge in [0, 0.05) is 62.2 Å². The van der Waals surface area contributed by atoms with Crippen LogP contribution in [0.3, 0.4) is 0 Å². The Bertz CT molecular complexity index is 1640. The largest absolute Gasteiger partial charge is 0.444 e. The molecular weight excluding hydrogens is 670 g/mol. The lowest BCUT2D eigenvalue weighted by molar-refractivity contribution is -0.126. The molecule has 2 aliphatic heterocycles. The second-order valence-electron chi connectivity index (χ2n) is 13.5. The van der Waals surface area contributed by atoms with Gasteiger partial charge in [0.15, 0.2) is 0 Å². The molecule has 262 valence electrons. The van der Waals surface area contributed by atoms with Gasteiger partial charge in [-0.2, -0.15) is 4.31 Å². The van der Waals surface area contributed by atoms with Crippen molar-refractivity contribution in [3.8, 4) is 0 Å². The second-order valence-corrected chi connectivity index (χ2v) is 15.9. The number of anilines is 2. The third-order valence-corrected chi connectivity index (χ3v) is 11.1. The van der Waals surface area contributed by atoms with Crippen molar-refractivity contribution in [3.05, 3.63) is 47.1 Å². The number of benzene rings is 1. The highest BCUT2D eigenvalue weighted by Crippen LogP contribution is 2.46. The van der Waals surface area contributed by atoms with Gasteiger partial charge in [-0.25, -0.2) is 27.0 Å². The number of aromatic nitrogens is 1. The number of nitrogens with two attached hydrogens (primary N) is 1. The molecular formula is C32H41ClF2N6O6S. The summed E-state index contributed by atoms with van der Waals surface area (Å²) in [6.45, 7) is 6.02. The number of alkyl carbamates (subject to hydrolysis) is 1. The van der Waals surface area contributed by atoms with Crippen LogP contribution in [0.15, 0.2) is 41.3 Å². The van der Waals surface area contributed by atoms with E-state index in [1.807, 2.05) is 0 Å². The van der Waals surface area contributed by atoms with Crippen LogP contribution in [-0.4, -0.2) is 80.0 Å². The monoisotopic (exact) mass is 710 g/mol. The van der Waals surface area contributed by atoms with Crippen LogP contribution in [0.25, 0.3) is 0 Å². The van der Waals surface area contributed by atoms with Crippen LogP contribution >= 0.6 is 11.6 Å². The fourth-order valence-corrected chi connectivity index (χ4v) is 8.07. The first-order valence-electron chi connectivity index (χ1n) is 15.9. The van der Waals surface area contributed by atoms with E-state index in [-0.39, 0.29) is 79.3 Å². The van der Waals surface area contributed by atoms with Crippen LogP contribution in [0.4, 0.5) is 25.1 Å². The van der Waals surface area contributed by atoms with Crippen molar-refractivity contribution in [2.75, 3.05) is 42.5 Å². The van der Waals surface area contributed by atoms with Crippen LogP contribution in [0.1, 0.15) is 58.4 Å². The number of alkyl halides is 2. The first kappa shape index (κ1) is 35.7. The molecule has 1 aromatic carbocycles. The molecule has 48 heavy (non-hydrogen) atoms. The van der Waals surface area contributed by atoms with Gasteiger partial charge in [-0.1, -0.05) is 11.6 Å². The van der Waals surface area contributed by atoms with Crippen LogP contribution in [0.5, 0.6) is 0 Å². The van der Waals surface area contributed by atoms with Crippen molar-refractivity contribution in [2.24, 2.45) is 17.6 Å². The van der Waals surface area contributed by atoms with Gasteiger partial charge in [0.1, 0.15) is 16.6 Å². The van der Waals surface area contributed by atoms with Crippen molar-refractivity contribution in [3.63, 3.8) is 0 Å². The minimum Gasteiger partial charge on any atom is -0.444 e. The number of piperazine rings is 1. The molecule has 3 N–H and O–H groups in total. The number of pyridine rings is 1. The summed E-state index contributed by atoms with van der Waals surface area (Å²) in [7, 11) is -3.90. The smallest absolute Gasteiger partial charge is 0.407 e. The number of sulfonamides is 1. The van der Waals surface area contributed by atoms with E-state index in [0.29, 0.717) is 18.5 Å². The number of nitrogens with one attached hydrogen (secondary N) is 1. The number of rotatable bonds is 8. The Balaban J connectivity index is 1.20. The highest BCUT2D eigenvalue weighted by atomic mass is 35.5. The Kier molecular flexibility index (Phi) is 10.2. The van der Waals surface area contributed by atoms with Gasteiger partial charge in [0.25, 0.3) is 5.92 Å². The average molecular weight is 711 g/mol. The zero-order chi connectivity index (χ0) is 35.0. The molecule has 0 spiro atoms. The summed E-state index contributed by atoms with van der Waals surface area (Å²) in [5, 5.41) is 2.61. The Labute approximate surface area is 284 Å². The van der Waals surface area contributed by atoms with Crippen molar-refractivity contribution in [1.29, 1.82) is 0 Å². The fraction of sp³-hybridized carbons (Fsp3) is 0.562. The number of halogens is 3. The average Bonchev–Trinajstić information content (AvgIpc) is 3.39. The van der Waals surface area contributed by atoms with E-state index < -0.39 is 51.4 Å². The normalized spacial score (nSPS) is 22.9. The maximum atomic E-state index is 15.6. The summed E-state index contributed by atoms with van der Waals surface area (Å²) in [4.78, 5) is 43.8. The molecule has 5 rings (SSSR count). The Morgan fingerprint density at radius 1 is 1.02 bits per heavy atom. The predicted molar refractivity (Wildman–Crippen MR) is 175 cm³/mol. The molecule has 3 amide bonds. The van der Waals surface area contributed by atoms with Crippen molar-refractivity contribution < 1.29 is 36.3 Å². The van der Waals surface area contributed by atoms with Crippen LogP contribution < -0.4 is 20.9 Å². The van der Waals surface area contributed by atoms with Crippen molar-refractivity contribution in [2.45, 2.75) is 75.3 Å². The molecule has 3 heterocycles.